The van der Waals surface area contributed by atoms with Gasteiger partial charge in [-0.15, -0.1) is 0 Å². The Morgan fingerprint density at radius 1 is 0.886 bits per heavy atom. The molecule has 0 saturated heterocycles. The van der Waals surface area contributed by atoms with Crippen molar-refractivity contribution in [1.82, 2.24) is 0 Å². The molecule has 1 aliphatic carbocycles. The van der Waals surface area contributed by atoms with E-state index in [0.29, 0.717) is 12.1 Å². The molecule has 1 saturated carbocycles. The number of aryl methyl sites for hydroxylation is 1. The second-order valence-corrected chi connectivity index (χ2v) is 8.63. The fourth-order valence-corrected chi connectivity index (χ4v) is 4.36. The Labute approximate surface area is 212 Å². The molecule has 4 heteroatoms. The summed E-state index contributed by atoms with van der Waals surface area (Å²) in [4.78, 5) is 42.5. The molecular weight excluding hydrogens is 434 g/mol. The van der Waals surface area contributed by atoms with E-state index in [4.69, 9.17) is 0 Å². The van der Waals surface area contributed by atoms with Crippen LogP contribution in [0.4, 0.5) is 0 Å². The third kappa shape index (κ3) is 8.24. The maximum Gasteiger partial charge on any atom is 0.166 e. The molecule has 1 aliphatic rings. The van der Waals surface area contributed by atoms with Gasteiger partial charge < -0.3 is 0 Å². The summed E-state index contributed by atoms with van der Waals surface area (Å²) in [5.74, 6) is 0.0353. The first kappa shape index (κ1) is 28.1. The molecule has 0 spiro atoms. The van der Waals surface area contributed by atoms with Gasteiger partial charge in [0, 0.05) is 32.8 Å². The molecule has 0 aliphatic heterocycles. The normalized spacial score (nSPS) is 14.6. The van der Waals surface area contributed by atoms with Crippen LogP contribution in [0, 0.1) is 5.92 Å². The summed E-state index contributed by atoms with van der Waals surface area (Å²) in [6.45, 7) is 5.76. The Morgan fingerprint density at radius 2 is 1.51 bits per heavy atom. The number of Topliss-reactive ketones (excluding diaryl/α,β-unsaturated/α-hetero) is 3. The van der Waals surface area contributed by atoms with Gasteiger partial charge in [-0.25, -0.2) is 0 Å². The van der Waals surface area contributed by atoms with E-state index in [1.807, 2.05) is 68.4 Å². The number of rotatable bonds is 10. The minimum absolute atomic E-state index is 0. The number of ketones is 3. The first-order valence-corrected chi connectivity index (χ1v) is 13.0. The summed E-state index contributed by atoms with van der Waals surface area (Å²) in [5, 5.41) is 0. The van der Waals surface area contributed by atoms with Crippen LogP contribution < -0.4 is 0 Å². The smallest absolute Gasteiger partial charge is 0.166 e. The zero-order valence-corrected chi connectivity index (χ0v) is 21.7. The van der Waals surface area contributed by atoms with Crippen molar-refractivity contribution < 1.29 is 15.8 Å². The van der Waals surface area contributed by atoms with Crippen LogP contribution in [-0.4, -0.2) is 30.1 Å². The van der Waals surface area contributed by atoms with Gasteiger partial charge in [0.05, 0.1) is 11.3 Å². The SMILES string of the molecule is CC.CCC(=O)/C(=C\C(=NC)c1ccccc1)C(=O)CCc1ccc(C(=O)C2CCCCC2)cc1.[HH]. The van der Waals surface area contributed by atoms with Crippen molar-refractivity contribution in [2.45, 2.75) is 72.1 Å². The minimum Gasteiger partial charge on any atom is -0.294 e. The number of benzene rings is 2. The molecule has 0 radical (unpaired) electrons. The first-order valence-electron chi connectivity index (χ1n) is 13.0. The lowest BCUT2D eigenvalue weighted by Crippen LogP contribution is -2.17. The Balaban J connectivity index is 0.00000211. The summed E-state index contributed by atoms with van der Waals surface area (Å²) in [7, 11) is 1.66. The third-order valence-electron chi connectivity index (χ3n) is 6.37. The maximum atomic E-state index is 13.0. The van der Waals surface area contributed by atoms with Gasteiger partial charge in [0.1, 0.15) is 0 Å². The predicted molar refractivity (Wildman–Crippen MR) is 146 cm³/mol. The standard InChI is InChI=1S/C29H33NO3.C2H6.H2/c1-3-27(31)25(20-26(30-2)22-10-6-4-7-11-22)28(32)19-16-21-14-17-24(18-15-21)29(33)23-12-8-5-9-13-23;1-2;/h4,6-7,10-11,14-15,17-18,20,23H,3,5,8-9,12-13,16,19H2,1-2H3;1-2H3;1H/b25-20+,30-26?;;. The van der Waals surface area contributed by atoms with Crippen molar-refractivity contribution in [3.63, 3.8) is 0 Å². The van der Waals surface area contributed by atoms with Crippen LogP contribution in [0.1, 0.15) is 88.6 Å². The van der Waals surface area contributed by atoms with Crippen LogP contribution in [0.5, 0.6) is 0 Å². The van der Waals surface area contributed by atoms with Crippen LogP contribution in [-0.2, 0) is 16.0 Å². The number of hydrogen-bond acceptors (Lipinski definition) is 4. The quantitative estimate of drug-likeness (QED) is 0.119. The highest BCUT2D eigenvalue weighted by Gasteiger charge is 2.22. The van der Waals surface area contributed by atoms with Gasteiger partial charge in [-0.05, 0) is 36.5 Å². The highest BCUT2D eigenvalue weighted by molar-refractivity contribution is 6.25. The van der Waals surface area contributed by atoms with Crippen molar-refractivity contribution in [2.75, 3.05) is 7.05 Å². The molecule has 2 aromatic rings. The van der Waals surface area contributed by atoms with Crippen LogP contribution >= 0.6 is 0 Å². The lowest BCUT2D eigenvalue weighted by atomic mass is 9.83. The third-order valence-corrected chi connectivity index (χ3v) is 6.37. The Morgan fingerprint density at radius 3 is 2.09 bits per heavy atom. The molecule has 0 heterocycles. The van der Waals surface area contributed by atoms with Gasteiger partial charge in [0.15, 0.2) is 17.3 Å². The molecule has 4 nitrogen and oxygen atoms in total. The Bertz CT molecular complexity index is 1030. The van der Waals surface area contributed by atoms with Gasteiger partial charge in [-0.3, -0.25) is 19.4 Å². The largest absolute Gasteiger partial charge is 0.294 e. The Kier molecular flexibility index (Phi) is 12.0. The summed E-state index contributed by atoms with van der Waals surface area (Å²) >= 11 is 0. The molecule has 0 unspecified atom stereocenters. The zero-order chi connectivity index (χ0) is 25.6. The maximum absolute atomic E-state index is 13.0. The van der Waals surface area contributed by atoms with Gasteiger partial charge in [-0.2, -0.15) is 0 Å². The van der Waals surface area contributed by atoms with E-state index in [1.54, 1.807) is 20.0 Å². The molecule has 2 aromatic carbocycles. The van der Waals surface area contributed by atoms with Crippen molar-refractivity contribution in [3.8, 4) is 0 Å². The summed E-state index contributed by atoms with van der Waals surface area (Å²) in [5.41, 5.74) is 3.43. The number of hydrogen-bond donors (Lipinski definition) is 0. The molecule has 0 bridgehead atoms. The van der Waals surface area contributed by atoms with Crippen LogP contribution in [0.25, 0.3) is 0 Å². The summed E-state index contributed by atoms with van der Waals surface area (Å²) in [6, 6.07) is 17.2. The van der Waals surface area contributed by atoms with E-state index >= 15 is 0 Å². The zero-order valence-electron chi connectivity index (χ0n) is 21.7. The van der Waals surface area contributed by atoms with Crippen molar-refractivity contribution in [2.24, 2.45) is 10.9 Å². The minimum atomic E-state index is -0.179. The van der Waals surface area contributed by atoms with E-state index in [-0.39, 0.29) is 43.1 Å². The highest BCUT2D eigenvalue weighted by Crippen LogP contribution is 2.27. The molecular formula is C31H41NO3. The van der Waals surface area contributed by atoms with E-state index in [9.17, 15) is 14.4 Å². The molecule has 0 N–H and O–H groups in total. The van der Waals surface area contributed by atoms with Gasteiger partial charge in [0.25, 0.3) is 0 Å². The lowest BCUT2D eigenvalue weighted by molar-refractivity contribution is -0.121. The first-order chi connectivity index (χ1) is 17.0. The summed E-state index contributed by atoms with van der Waals surface area (Å²) in [6.07, 6.45) is 8.12. The summed E-state index contributed by atoms with van der Waals surface area (Å²) < 4.78 is 0. The fraction of sp³-hybridized carbons (Fsp3) is 0.419. The topological polar surface area (TPSA) is 63.6 Å². The predicted octanol–water partition coefficient (Wildman–Crippen LogP) is 7.25. The van der Waals surface area contributed by atoms with E-state index in [0.717, 1.165) is 42.4 Å². The molecule has 0 amide bonds. The molecule has 0 aromatic heterocycles. The van der Waals surface area contributed by atoms with Crippen LogP contribution in [0.15, 0.2) is 71.2 Å². The number of allylic oxidation sites excluding steroid dienone is 2. The van der Waals surface area contributed by atoms with Crippen LogP contribution in [0.3, 0.4) is 0 Å². The van der Waals surface area contributed by atoms with Crippen LogP contribution in [0.2, 0.25) is 0 Å². The van der Waals surface area contributed by atoms with E-state index in [2.05, 4.69) is 4.99 Å². The molecule has 0 atom stereocenters. The van der Waals surface area contributed by atoms with Gasteiger partial charge in [-0.1, -0.05) is 94.6 Å². The second-order valence-electron chi connectivity index (χ2n) is 8.63. The van der Waals surface area contributed by atoms with Gasteiger partial charge >= 0.3 is 0 Å². The second kappa shape index (κ2) is 15.0. The molecule has 3 rings (SSSR count). The average Bonchev–Trinajstić information content (AvgIpc) is 2.94. The highest BCUT2D eigenvalue weighted by atomic mass is 16.1. The number of carbonyl (C=O) groups is 3. The van der Waals surface area contributed by atoms with E-state index < -0.39 is 0 Å². The van der Waals surface area contributed by atoms with Gasteiger partial charge in [0.2, 0.25) is 0 Å². The molecule has 35 heavy (non-hydrogen) atoms. The monoisotopic (exact) mass is 475 g/mol. The Hall–Kier alpha value is -3.14. The molecule has 188 valence electrons. The molecule has 1 fully saturated rings. The number of nitrogens with zero attached hydrogens (tertiary/aromatic N) is 1. The number of aliphatic imine (C=N–C) groups is 1. The fourth-order valence-electron chi connectivity index (χ4n) is 4.36. The average molecular weight is 476 g/mol. The lowest BCUT2D eigenvalue weighted by Gasteiger charge is -2.20. The van der Waals surface area contributed by atoms with Crippen molar-refractivity contribution >= 4 is 23.1 Å². The number of carbonyl (C=O) groups excluding carboxylic acids is 3. The van der Waals surface area contributed by atoms with Crippen molar-refractivity contribution in [3.05, 3.63) is 82.9 Å². The van der Waals surface area contributed by atoms with Crippen molar-refractivity contribution in [1.29, 1.82) is 0 Å². The van der Waals surface area contributed by atoms with E-state index in [1.165, 1.54) is 6.42 Å².